The van der Waals surface area contributed by atoms with Gasteiger partial charge in [0.15, 0.2) is 5.84 Å². The van der Waals surface area contributed by atoms with Gasteiger partial charge in [-0.2, -0.15) is 0 Å². The lowest BCUT2D eigenvalue weighted by atomic mass is 10.1. The Bertz CT molecular complexity index is 496. The van der Waals surface area contributed by atoms with E-state index >= 15 is 0 Å². The zero-order valence-electron chi connectivity index (χ0n) is 11.4. The SMILES string of the molecule is NC(=NO)c1cccc(C(=O)NCCN2CCCC2)c1. The lowest BCUT2D eigenvalue weighted by molar-refractivity contribution is 0.0949. The van der Waals surface area contributed by atoms with Gasteiger partial charge in [-0.15, -0.1) is 0 Å². The van der Waals surface area contributed by atoms with Crippen molar-refractivity contribution in [3.05, 3.63) is 35.4 Å². The number of benzene rings is 1. The largest absolute Gasteiger partial charge is 0.409 e. The summed E-state index contributed by atoms with van der Waals surface area (Å²) in [6.45, 7) is 3.75. The van der Waals surface area contributed by atoms with E-state index in [9.17, 15) is 4.79 Å². The number of amides is 1. The monoisotopic (exact) mass is 276 g/mol. The number of hydrogen-bond donors (Lipinski definition) is 3. The molecule has 0 radical (unpaired) electrons. The van der Waals surface area contributed by atoms with Crippen molar-refractivity contribution in [1.29, 1.82) is 0 Å². The summed E-state index contributed by atoms with van der Waals surface area (Å²) in [4.78, 5) is 14.3. The van der Waals surface area contributed by atoms with Crippen LogP contribution in [0.5, 0.6) is 0 Å². The Morgan fingerprint density at radius 3 is 2.75 bits per heavy atom. The van der Waals surface area contributed by atoms with E-state index in [4.69, 9.17) is 10.9 Å². The number of nitrogens with one attached hydrogen (secondary N) is 1. The fourth-order valence-corrected chi connectivity index (χ4v) is 2.31. The second kappa shape index (κ2) is 6.91. The highest BCUT2D eigenvalue weighted by molar-refractivity contribution is 6.01. The normalized spacial score (nSPS) is 16.3. The van der Waals surface area contributed by atoms with Crippen molar-refractivity contribution in [2.24, 2.45) is 10.9 Å². The molecule has 0 atom stereocenters. The molecule has 0 saturated carbocycles. The Labute approximate surface area is 118 Å². The molecule has 1 amide bonds. The van der Waals surface area contributed by atoms with Gasteiger partial charge >= 0.3 is 0 Å². The number of hydrogen-bond acceptors (Lipinski definition) is 4. The van der Waals surface area contributed by atoms with Crippen LogP contribution in [0.4, 0.5) is 0 Å². The van der Waals surface area contributed by atoms with Crippen LogP contribution >= 0.6 is 0 Å². The average molecular weight is 276 g/mol. The van der Waals surface area contributed by atoms with E-state index in [1.165, 1.54) is 12.8 Å². The average Bonchev–Trinajstić information content (AvgIpc) is 2.99. The van der Waals surface area contributed by atoms with Crippen LogP contribution in [0.1, 0.15) is 28.8 Å². The van der Waals surface area contributed by atoms with Gasteiger partial charge < -0.3 is 21.2 Å². The van der Waals surface area contributed by atoms with Gasteiger partial charge in [-0.05, 0) is 38.1 Å². The first-order valence-corrected chi connectivity index (χ1v) is 6.79. The van der Waals surface area contributed by atoms with Crippen molar-refractivity contribution in [3.8, 4) is 0 Å². The molecule has 20 heavy (non-hydrogen) atoms. The van der Waals surface area contributed by atoms with Crippen molar-refractivity contribution >= 4 is 11.7 Å². The molecule has 0 bridgehead atoms. The quantitative estimate of drug-likeness (QED) is 0.318. The zero-order valence-corrected chi connectivity index (χ0v) is 11.4. The van der Waals surface area contributed by atoms with Crippen molar-refractivity contribution in [2.45, 2.75) is 12.8 Å². The predicted molar refractivity (Wildman–Crippen MR) is 77.0 cm³/mol. The Hall–Kier alpha value is -2.08. The number of likely N-dealkylation sites (tertiary alicyclic amines) is 1. The zero-order chi connectivity index (χ0) is 14.4. The topological polar surface area (TPSA) is 91.0 Å². The summed E-state index contributed by atoms with van der Waals surface area (Å²) in [5.74, 6) is -0.145. The fraction of sp³-hybridized carbons (Fsp3) is 0.429. The smallest absolute Gasteiger partial charge is 0.251 e. The van der Waals surface area contributed by atoms with Crippen LogP contribution < -0.4 is 11.1 Å². The third-order valence-corrected chi connectivity index (χ3v) is 3.44. The summed E-state index contributed by atoms with van der Waals surface area (Å²) in [5.41, 5.74) is 6.55. The lowest BCUT2D eigenvalue weighted by Gasteiger charge is -2.14. The number of nitrogens with two attached hydrogens (primary N) is 1. The van der Waals surface area contributed by atoms with Crippen LogP contribution in [-0.2, 0) is 0 Å². The van der Waals surface area contributed by atoms with Gasteiger partial charge in [0.2, 0.25) is 0 Å². The molecule has 1 aromatic rings. The number of nitrogens with zero attached hydrogens (tertiary/aromatic N) is 2. The number of carbonyl (C=O) groups excluding carboxylic acids is 1. The van der Waals surface area contributed by atoms with E-state index in [2.05, 4.69) is 15.4 Å². The molecule has 0 unspecified atom stereocenters. The summed E-state index contributed by atoms with van der Waals surface area (Å²) >= 11 is 0. The van der Waals surface area contributed by atoms with Gasteiger partial charge in [0.05, 0.1) is 0 Å². The molecular formula is C14H20N4O2. The predicted octanol–water partition coefficient (Wildman–Crippen LogP) is 0.607. The summed E-state index contributed by atoms with van der Waals surface area (Å²) in [5, 5.41) is 14.5. The molecule has 0 spiro atoms. The van der Waals surface area contributed by atoms with Gasteiger partial charge in [-0.1, -0.05) is 17.3 Å². The summed E-state index contributed by atoms with van der Waals surface area (Å²) < 4.78 is 0. The second-order valence-electron chi connectivity index (χ2n) is 4.87. The van der Waals surface area contributed by atoms with Crippen LogP contribution in [0.25, 0.3) is 0 Å². The van der Waals surface area contributed by atoms with Gasteiger partial charge in [0, 0.05) is 24.2 Å². The third-order valence-electron chi connectivity index (χ3n) is 3.44. The molecule has 2 rings (SSSR count). The molecule has 0 aromatic heterocycles. The number of oxime groups is 1. The van der Waals surface area contributed by atoms with Crippen LogP contribution in [0.3, 0.4) is 0 Å². The standard InChI is InChI=1S/C14H20N4O2/c15-13(17-20)11-4-3-5-12(10-11)14(19)16-6-9-18-7-1-2-8-18/h3-5,10,20H,1-2,6-9H2,(H2,15,17)(H,16,19). The van der Waals surface area contributed by atoms with Crippen LogP contribution in [0.2, 0.25) is 0 Å². The van der Waals surface area contributed by atoms with Crippen LogP contribution in [0, 0.1) is 0 Å². The number of rotatable bonds is 5. The van der Waals surface area contributed by atoms with Gasteiger partial charge in [-0.3, -0.25) is 4.79 Å². The summed E-state index contributed by atoms with van der Waals surface area (Å²) in [7, 11) is 0. The molecular weight excluding hydrogens is 256 g/mol. The number of carbonyl (C=O) groups is 1. The van der Waals surface area contributed by atoms with Crippen molar-refractivity contribution in [3.63, 3.8) is 0 Å². The molecule has 1 fully saturated rings. The van der Waals surface area contributed by atoms with Crippen LogP contribution in [0.15, 0.2) is 29.4 Å². The molecule has 1 heterocycles. The van der Waals surface area contributed by atoms with Gasteiger partial charge in [-0.25, -0.2) is 0 Å². The van der Waals surface area contributed by atoms with Crippen LogP contribution in [-0.4, -0.2) is 48.0 Å². The summed E-state index contributed by atoms with van der Waals surface area (Å²) in [6.07, 6.45) is 2.49. The Morgan fingerprint density at radius 1 is 1.35 bits per heavy atom. The highest BCUT2D eigenvalue weighted by Crippen LogP contribution is 2.07. The number of amidine groups is 1. The van der Waals surface area contributed by atoms with E-state index in [0.29, 0.717) is 17.7 Å². The summed E-state index contributed by atoms with van der Waals surface area (Å²) in [6, 6.07) is 6.72. The highest BCUT2D eigenvalue weighted by atomic mass is 16.4. The Morgan fingerprint density at radius 2 is 2.05 bits per heavy atom. The Kier molecular flexibility index (Phi) is 4.95. The molecule has 108 valence electrons. The maximum absolute atomic E-state index is 12.0. The minimum Gasteiger partial charge on any atom is -0.409 e. The molecule has 0 aliphatic carbocycles. The molecule has 1 aliphatic rings. The van der Waals surface area contributed by atoms with E-state index in [-0.39, 0.29) is 11.7 Å². The molecule has 6 nitrogen and oxygen atoms in total. The van der Waals surface area contributed by atoms with Gasteiger partial charge in [0.25, 0.3) is 5.91 Å². The molecule has 4 N–H and O–H groups in total. The third kappa shape index (κ3) is 3.71. The van der Waals surface area contributed by atoms with E-state index in [0.717, 1.165) is 19.6 Å². The molecule has 1 saturated heterocycles. The molecule has 6 heteroatoms. The minimum atomic E-state index is -0.142. The minimum absolute atomic E-state index is 0.00304. The van der Waals surface area contributed by atoms with E-state index in [1.54, 1.807) is 24.3 Å². The molecule has 1 aliphatic heterocycles. The van der Waals surface area contributed by atoms with Crippen molar-refractivity contribution < 1.29 is 10.0 Å². The van der Waals surface area contributed by atoms with Crippen molar-refractivity contribution in [2.75, 3.05) is 26.2 Å². The second-order valence-corrected chi connectivity index (χ2v) is 4.87. The molecule has 1 aromatic carbocycles. The van der Waals surface area contributed by atoms with Crippen molar-refractivity contribution in [1.82, 2.24) is 10.2 Å². The highest BCUT2D eigenvalue weighted by Gasteiger charge is 2.12. The fourth-order valence-electron chi connectivity index (χ4n) is 2.31. The van der Waals surface area contributed by atoms with Gasteiger partial charge in [0.1, 0.15) is 0 Å². The van der Waals surface area contributed by atoms with E-state index in [1.807, 2.05) is 0 Å². The first-order chi connectivity index (χ1) is 9.70. The van der Waals surface area contributed by atoms with E-state index < -0.39 is 0 Å². The first kappa shape index (κ1) is 14.3. The Balaban J connectivity index is 1.88. The lowest BCUT2D eigenvalue weighted by Crippen LogP contribution is -2.33. The maximum Gasteiger partial charge on any atom is 0.251 e. The first-order valence-electron chi connectivity index (χ1n) is 6.79. The maximum atomic E-state index is 12.0.